The Hall–Kier alpha value is -1.65. The van der Waals surface area contributed by atoms with Crippen molar-refractivity contribution in [2.45, 2.75) is 104 Å². The highest BCUT2D eigenvalue weighted by Crippen LogP contribution is 2.60. The SMILES string of the molecule is C=C1/C(=C/C=C2/CCC[C@]3(C)[C@@H](C(C)CC4OC(=O)C(=C)C4CC(C)C)CC[C@@H]23)CC(O)C(C)C1O. The second-order valence-corrected chi connectivity index (χ2v) is 13.0. The van der Waals surface area contributed by atoms with E-state index in [1.165, 1.54) is 31.3 Å². The summed E-state index contributed by atoms with van der Waals surface area (Å²) in [5.74, 6) is 1.95. The van der Waals surface area contributed by atoms with E-state index in [1.807, 2.05) is 6.92 Å². The topological polar surface area (TPSA) is 66.8 Å². The lowest BCUT2D eigenvalue weighted by Gasteiger charge is -2.45. The van der Waals surface area contributed by atoms with Crippen LogP contribution in [0.5, 0.6) is 0 Å². The monoisotopic (exact) mass is 496 g/mol. The molecule has 2 N–H and O–H groups in total. The lowest BCUT2D eigenvalue weighted by molar-refractivity contribution is -0.140. The molecule has 200 valence electrons. The van der Waals surface area contributed by atoms with Crippen molar-refractivity contribution in [1.82, 2.24) is 0 Å². The number of fused-ring (bicyclic) bond motifs is 1. The van der Waals surface area contributed by atoms with Crippen molar-refractivity contribution in [3.05, 3.63) is 47.6 Å². The zero-order valence-corrected chi connectivity index (χ0v) is 23.1. The molecule has 4 nitrogen and oxygen atoms in total. The number of allylic oxidation sites excluding steroid dienone is 3. The largest absolute Gasteiger partial charge is 0.458 e. The molecule has 0 aromatic rings. The summed E-state index contributed by atoms with van der Waals surface area (Å²) in [6.07, 6.45) is 11.6. The molecular weight excluding hydrogens is 448 g/mol. The van der Waals surface area contributed by atoms with E-state index in [0.29, 0.717) is 35.7 Å². The van der Waals surface area contributed by atoms with Crippen LogP contribution in [0.3, 0.4) is 0 Å². The van der Waals surface area contributed by atoms with Crippen molar-refractivity contribution in [3.63, 3.8) is 0 Å². The van der Waals surface area contributed by atoms with Gasteiger partial charge in [0.1, 0.15) is 6.10 Å². The molecule has 4 heteroatoms. The molecule has 1 saturated heterocycles. The van der Waals surface area contributed by atoms with Gasteiger partial charge in [-0.15, -0.1) is 0 Å². The van der Waals surface area contributed by atoms with Gasteiger partial charge in [0.2, 0.25) is 0 Å². The van der Waals surface area contributed by atoms with Crippen molar-refractivity contribution in [2.24, 2.45) is 40.9 Å². The van der Waals surface area contributed by atoms with Gasteiger partial charge < -0.3 is 14.9 Å². The molecule has 4 fully saturated rings. The Bertz CT molecular complexity index is 942. The molecule has 0 aromatic carbocycles. The van der Waals surface area contributed by atoms with E-state index in [2.05, 4.69) is 53.0 Å². The molecule has 3 aliphatic carbocycles. The fraction of sp³-hybridized carbons (Fsp3) is 0.719. The number of hydrogen-bond donors (Lipinski definition) is 2. The molecule has 9 atom stereocenters. The maximum Gasteiger partial charge on any atom is 0.334 e. The Kier molecular flexibility index (Phi) is 8.07. The van der Waals surface area contributed by atoms with Crippen molar-refractivity contribution in [1.29, 1.82) is 0 Å². The fourth-order valence-electron chi connectivity index (χ4n) is 8.07. The number of ether oxygens (including phenoxy) is 1. The van der Waals surface area contributed by atoms with Gasteiger partial charge in [-0.2, -0.15) is 0 Å². The Morgan fingerprint density at radius 3 is 2.53 bits per heavy atom. The van der Waals surface area contributed by atoms with Gasteiger partial charge in [0, 0.05) is 17.4 Å². The highest BCUT2D eigenvalue weighted by atomic mass is 16.6. The molecule has 0 bridgehead atoms. The van der Waals surface area contributed by atoms with Gasteiger partial charge >= 0.3 is 5.97 Å². The molecular formula is C32H48O4. The third-order valence-corrected chi connectivity index (χ3v) is 10.3. The minimum atomic E-state index is -0.674. The molecule has 0 radical (unpaired) electrons. The molecule has 0 spiro atoms. The summed E-state index contributed by atoms with van der Waals surface area (Å²) in [4.78, 5) is 12.3. The van der Waals surface area contributed by atoms with E-state index in [1.54, 1.807) is 0 Å². The van der Waals surface area contributed by atoms with Crippen LogP contribution in [0.1, 0.15) is 86.0 Å². The van der Waals surface area contributed by atoms with Gasteiger partial charge in [-0.1, -0.05) is 65.5 Å². The summed E-state index contributed by atoms with van der Waals surface area (Å²) in [6, 6.07) is 0. The maximum absolute atomic E-state index is 12.3. The summed E-state index contributed by atoms with van der Waals surface area (Å²) < 4.78 is 5.84. The normalized spacial score (nSPS) is 42.3. The number of hydrogen-bond acceptors (Lipinski definition) is 4. The lowest BCUT2D eigenvalue weighted by Crippen LogP contribution is -2.37. The van der Waals surface area contributed by atoms with Crippen LogP contribution in [0.4, 0.5) is 0 Å². The molecule has 36 heavy (non-hydrogen) atoms. The van der Waals surface area contributed by atoms with Gasteiger partial charge in [-0.05, 0) is 91.6 Å². The summed E-state index contributed by atoms with van der Waals surface area (Å²) in [5.41, 5.74) is 4.17. The standard InChI is InChI=1S/C32H48O4/c1-18(2)15-25-21(5)31(35)36-29(25)16-19(3)26-12-13-27-23(9-8-14-32(26,27)7)10-11-24-17-28(33)22(6)30(34)20(24)4/h10-11,18-19,22,25-30,33-34H,4-5,8-9,12-17H2,1-3,6-7H3/b23-10-,24-11+/t19?,22?,25?,26-,27+,28?,29?,30?,32-/m1/s1. The van der Waals surface area contributed by atoms with Crippen LogP contribution in [0.15, 0.2) is 47.6 Å². The average molecular weight is 497 g/mol. The van der Waals surface area contributed by atoms with Crippen molar-refractivity contribution in [2.75, 3.05) is 0 Å². The third kappa shape index (κ3) is 5.05. The number of aliphatic hydroxyl groups is 2. The molecule has 4 rings (SSSR count). The second-order valence-electron chi connectivity index (χ2n) is 13.0. The van der Waals surface area contributed by atoms with Crippen molar-refractivity contribution < 1.29 is 19.7 Å². The highest BCUT2D eigenvalue weighted by molar-refractivity contribution is 5.90. The zero-order valence-electron chi connectivity index (χ0n) is 23.1. The molecule has 4 aliphatic rings. The van der Waals surface area contributed by atoms with Crippen LogP contribution in [0, 0.1) is 40.9 Å². The lowest BCUT2D eigenvalue weighted by atomic mass is 9.60. The van der Waals surface area contributed by atoms with Crippen molar-refractivity contribution in [3.8, 4) is 0 Å². The van der Waals surface area contributed by atoms with Crippen LogP contribution >= 0.6 is 0 Å². The highest BCUT2D eigenvalue weighted by Gasteiger charge is 2.51. The van der Waals surface area contributed by atoms with Gasteiger partial charge in [0.05, 0.1) is 12.2 Å². The Morgan fingerprint density at radius 2 is 1.83 bits per heavy atom. The van der Waals surface area contributed by atoms with Gasteiger partial charge in [0.15, 0.2) is 0 Å². The molecule has 1 aliphatic heterocycles. The number of rotatable bonds is 6. The van der Waals surface area contributed by atoms with E-state index in [9.17, 15) is 15.0 Å². The number of cyclic esters (lactones) is 1. The van der Waals surface area contributed by atoms with E-state index in [0.717, 1.165) is 30.4 Å². The maximum atomic E-state index is 12.3. The summed E-state index contributed by atoms with van der Waals surface area (Å²) in [6.45, 7) is 19.3. The molecule has 3 saturated carbocycles. The van der Waals surface area contributed by atoms with E-state index < -0.39 is 12.2 Å². The van der Waals surface area contributed by atoms with Crippen LogP contribution in [-0.4, -0.2) is 34.5 Å². The molecule has 0 aromatic heterocycles. The van der Waals surface area contributed by atoms with E-state index >= 15 is 0 Å². The minimum absolute atomic E-state index is 0.0362. The second kappa shape index (κ2) is 10.6. The van der Waals surface area contributed by atoms with Crippen LogP contribution in [0.25, 0.3) is 0 Å². The molecule has 0 amide bonds. The number of carbonyl (C=O) groups is 1. The first-order valence-corrected chi connectivity index (χ1v) is 14.3. The van der Waals surface area contributed by atoms with Gasteiger partial charge in [-0.25, -0.2) is 4.79 Å². The summed E-state index contributed by atoms with van der Waals surface area (Å²) >= 11 is 0. The van der Waals surface area contributed by atoms with Crippen LogP contribution in [-0.2, 0) is 9.53 Å². The first-order valence-electron chi connectivity index (χ1n) is 14.3. The van der Waals surface area contributed by atoms with Crippen LogP contribution in [0.2, 0.25) is 0 Å². The molecule has 6 unspecified atom stereocenters. The fourth-order valence-corrected chi connectivity index (χ4v) is 8.07. The number of esters is 1. The Labute approximate surface area is 218 Å². The predicted octanol–water partition coefficient (Wildman–Crippen LogP) is 6.54. The van der Waals surface area contributed by atoms with Gasteiger partial charge in [0.25, 0.3) is 0 Å². The number of carbonyl (C=O) groups excluding carboxylic acids is 1. The summed E-state index contributed by atoms with van der Waals surface area (Å²) in [5, 5.41) is 20.8. The summed E-state index contributed by atoms with van der Waals surface area (Å²) in [7, 11) is 0. The first-order chi connectivity index (χ1) is 16.9. The smallest absolute Gasteiger partial charge is 0.334 e. The van der Waals surface area contributed by atoms with Crippen molar-refractivity contribution >= 4 is 5.97 Å². The minimum Gasteiger partial charge on any atom is -0.458 e. The van der Waals surface area contributed by atoms with Gasteiger partial charge in [-0.3, -0.25) is 0 Å². The van der Waals surface area contributed by atoms with Crippen LogP contribution < -0.4 is 0 Å². The zero-order chi connectivity index (χ0) is 26.4. The van der Waals surface area contributed by atoms with E-state index in [-0.39, 0.29) is 29.3 Å². The number of aliphatic hydroxyl groups excluding tert-OH is 2. The predicted molar refractivity (Wildman–Crippen MR) is 145 cm³/mol. The quantitative estimate of drug-likeness (QED) is 0.323. The average Bonchev–Trinajstić information content (AvgIpc) is 3.30. The first kappa shape index (κ1) is 27.4. The van der Waals surface area contributed by atoms with E-state index in [4.69, 9.17) is 4.74 Å². The molecule has 1 heterocycles. The Balaban J connectivity index is 1.48. The Morgan fingerprint density at radius 1 is 1.11 bits per heavy atom. The third-order valence-electron chi connectivity index (χ3n) is 10.3.